The number of oxazole rings is 1. The number of aromatic nitrogens is 3. The molecular weight excluding hydrogens is 234 g/mol. The predicted octanol–water partition coefficient (Wildman–Crippen LogP) is 1.93. The highest BCUT2D eigenvalue weighted by Gasteiger charge is 2.16. The average Bonchev–Trinajstić information content (AvgIpc) is 2.92. The molecular formula is C12H9N3O3. The zero-order chi connectivity index (χ0) is 12.7. The van der Waals surface area contributed by atoms with Gasteiger partial charge in [-0.2, -0.15) is 0 Å². The lowest BCUT2D eigenvalue weighted by Gasteiger charge is -1.95. The average molecular weight is 243 g/mol. The van der Waals surface area contributed by atoms with Crippen LogP contribution in [0.1, 0.15) is 10.4 Å². The van der Waals surface area contributed by atoms with Crippen LogP contribution in [0.15, 0.2) is 35.1 Å². The molecule has 0 aliphatic heterocycles. The van der Waals surface area contributed by atoms with Gasteiger partial charge < -0.3 is 14.1 Å². The van der Waals surface area contributed by atoms with Gasteiger partial charge in [0, 0.05) is 7.05 Å². The quantitative estimate of drug-likeness (QED) is 0.743. The van der Waals surface area contributed by atoms with Gasteiger partial charge in [0.15, 0.2) is 5.58 Å². The molecule has 6 nitrogen and oxygen atoms in total. The lowest BCUT2D eigenvalue weighted by atomic mass is 10.2. The molecule has 0 atom stereocenters. The van der Waals surface area contributed by atoms with E-state index < -0.39 is 5.97 Å². The molecule has 1 aromatic carbocycles. The zero-order valence-electron chi connectivity index (χ0n) is 9.49. The van der Waals surface area contributed by atoms with Crippen LogP contribution in [0.5, 0.6) is 0 Å². The molecule has 0 fully saturated rings. The van der Waals surface area contributed by atoms with Crippen LogP contribution >= 0.6 is 0 Å². The Morgan fingerprint density at radius 1 is 1.44 bits per heavy atom. The van der Waals surface area contributed by atoms with Gasteiger partial charge in [0.2, 0.25) is 5.89 Å². The van der Waals surface area contributed by atoms with Gasteiger partial charge in [-0.25, -0.2) is 14.8 Å². The Balaban J connectivity index is 2.26. The fraction of sp³-hybridized carbons (Fsp3) is 0.0833. The van der Waals surface area contributed by atoms with Crippen molar-refractivity contribution in [1.29, 1.82) is 0 Å². The number of nitrogens with zero attached hydrogens (tertiary/aromatic N) is 3. The molecule has 2 aromatic heterocycles. The largest absolute Gasteiger partial charge is 0.478 e. The summed E-state index contributed by atoms with van der Waals surface area (Å²) < 4.78 is 7.29. The van der Waals surface area contributed by atoms with Crippen LogP contribution in [0.3, 0.4) is 0 Å². The summed E-state index contributed by atoms with van der Waals surface area (Å²) in [6.45, 7) is 0. The van der Waals surface area contributed by atoms with Gasteiger partial charge in [-0.1, -0.05) is 6.07 Å². The van der Waals surface area contributed by atoms with Gasteiger partial charge >= 0.3 is 5.97 Å². The van der Waals surface area contributed by atoms with Gasteiger partial charge in [-0.15, -0.1) is 0 Å². The normalized spacial score (nSPS) is 10.9. The number of rotatable bonds is 2. The molecule has 1 N–H and O–H groups in total. The molecule has 2 heterocycles. The molecule has 18 heavy (non-hydrogen) atoms. The number of para-hydroxylation sites is 1. The van der Waals surface area contributed by atoms with E-state index in [9.17, 15) is 4.79 Å². The Hall–Kier alpha value is -2.63. The summed E-state index contributed by atoms with van der Waals surface area (Å²) in [4.78, 5) is 19.3. The SMILES string of the molecule is Cn1cncc1-c1nc2cccc(C(=O)O)c2o1. The Bertz CT molecular complexity index is 742. The Kier molecular flexibility index (Phi) is 2.16. The molecule has 0 radical (unpaired) electrons. The highest BCUT2D eigenvalue weighted by molar-refractivity contribution is 6.00. The van der Waals surface area contributed by atoms with Crippen molar-refractivity contribution in [3.8, 4) is 11.6 Å². The number of aromatic carboxylic acids is 1. The van der Waals surface area contributed by atoms with Crippen LogP contribution in [0.4, 0.5) is 0 Å². The number of hydrogen-bond donors (Lipinski definition) is 1. The molecule has 0 unspecified atom stereocenters. The summed E-state index contributed by atoms with van der Waals surface area (Å²) in [6, 6.07) is 4.84. The molecule has 0 aliphatic rings. The summed E-state index contributed by atoms with van der Waals surface area (Å²) in [5.41, 5.74) is 1.60. The van der Waals surface area contributed by atoms with Crippen molar-refractivity contribution >= 4 is 17.1 Å². The van der Waals surface area contributed by atoms with Crippen LogP contribution in [-0.4, -0.2) is 25.6 Å². The molecule has 0 bridgehead atoms. The first kappa shape index (κ1) is 10.5. The highest BCUT2D eigenvalue weighted by atomic mass is 16.4. The summed E-state index contributed by atoms with van der Waals surface area (Å²) in [7, 11) is 1.81. The van der Waals surface area contributed by atoms with E-state index in [4.69, 9.17) is 9.52 Å². The maximum atomic E-state index is 11.1. The molecule has 6 heteroatoms. The minimum atomic E-state index is -1.03. The first-order chi connectivity index (χ1) is 8.66. The van der Waals surface area contributed by atoms with Crippen molar-refractivity contribution in [2.75, 3.05) is 0 Å². The summed E-state index contributed by atoms with van der Waals surface area (Å²) >= 11 is 0. The zero-order valence-corrected chi connectivity index (χ0v) is 9.49. The number of carbonyl (C=O) groups is 1. The number of carboxylic acids is 1. The van der Waals surface area contributed by atoms with Crippen LogP contribution < -0.4 is 0 Å². The Morgan fingerprint density at radius 3 is 2.94 bits per heavy atom. The van der Waals surface area contributed by atoms with Gasteiger partial charge in [0.25, 0.3) is 0 Å². The molecule has 3 aromatic rings. The number of carboxylic acid groups (broad SMARTS) is 1. The van der Waals surface area contributed by atoms with E-state index in [0.717, 1.165) is 0 Å². The molecule has 0 spiro atoms. The maximum Gasteiger partial charge on any atom is 0.339 e. The van der Waals surface area contributed by atoms with Crippen LogP contribution in [-0.2, 0) is 7.05 Å². The highest BCUT2D eigenvalue weighted by Crippen LogP contribution is 2.25. The second-order valence-corrected chi connectivity index (χ2v) is 3.87. The summed E-state index contributed by atoms with van der Waals surface area (Å²) in [5, 5.41) is 9.07. The molecule has 90 valence electrons. The minimum absolute atomic E-state index is 0.105. The third kappa shape index (κ3) is 1.46. The van der Waals surface area contributed by atoms with E-state index in [-0.39, 0.29) is 11.1 Å². The van der Waals surface area contributed by atoms with E-state index in [1.807, 2.05) is 7.05 Å². The molecule has 0 saturated heterocycles. The van der Waals surface area contributed by atoms with Gasteiger partial charge in [-0.3, -0.25) is 0 Å². The second-order valence-electron chi connectivity index (χ2n) is 3.87. The van der Waals surface area contributed by atoms with E-state index in [2.05, 4.69) is 9.97 Å². The third-order valence-electron chi connectivity index (χ3n) is 2.68. The number of imidazole rings is 1. The molecule has 0 aliphatic carbocycles. The number of benzene rings is 1. The van der Waals surface area contributed by atoms with Crippen molar-refractivity contribution in [2.45, 2.75) is 0 Å². The lowest BCUT2D eigenvalue weighted by Crippen LogP contribution is -1.95. The van der Waals surface area contributed by atoms with Crippen molar-refractivity contribution in [3.05, 3.63) is 36.3 Å². The second kappa shape index (κ2) is 3.69. The molecule has 3 rings (SSSR count). The van der Waals surface area contributed by atoms with E-state index in [1.165, 1.54) is 6.07 Å². The molecule has 0 amide bonds. The van der Waals surface area contributed by atoms with Gasteiger partial charge in [-0.05, 0) is 12.1 Å². The van der Waals surface area contributed by atoms with E-state index >= 15 is 0 Å². The fourth-order valence-corrected chi connectivity index (χ4v) is 1.79. The lowest BCUT2D eigenvalue weighted by molar-refractivity contribution is 0.0698. The first-order valence-corrected chi connectivity index (χ1v) is 5.26. The van der Waals surface area contributed by atoms with E-state index in [1.54, 1.807) is 29.2 Å². The van der Waals surface area contributed by atoms with Crippen molar-refractivity contribution in [2.24, 2.45) is 7.05 Å². The predicted molar refractivity (Wildman–Crippen MR) is 63.2 cm³/mol. The molecule has 0 saturated carbocycles. The first-order valence-electron chi connectivity index (χ1n) is 5.26. The van der Waals surface area contributed by atoms with Gasteiger partial charge in [0.1, 0.15) is 16.8 Å². The van der Waals surface area contributed by atoms with Crippen LogP contribution in [0, 0.1) is 0 Å². The van der Waals surface area contributed by atoms with Crippen molar-refractivity contribution in [1.82, 2.24) is 14.5 Å². The van der Waals surface area contributed by atoms with Gasteiger partial charge in [0.05, 0.1) is 12.5 Å². The summed E-state index contributed by atoms with van der Waals surface area (Å²) in [6.07, 6.45) is 3.24. The standard InChI is InChI=1S/C12H9N3O3/c1-15-6-13-5-9(15)11-14-8-4-2-3-7(12(16)17)10(8)18-11/h2-6H,1H3,(H,16,17). The van der Waals surface area contributed by atoms with Crippen molar-refractivity contribution in [3.63, 3.8) is 0 Å². The monoisotopic (exact) mass is 243 g/mol. The minimum Gasteiger partial charge on any atom is -0.478 e. The number of fused-ring (bicyclic) bond motifs is 1. The van der Waals surface area contributed by atoms with Crippen molar-refractivity contribution < 1.29 is 14.3 Å². The summed E-state index contributed by atoms with van der Waals surface area (Å²) in [5.74, 6) is -0.674. The van der Waals surface area contributed by atoms with E-state index in [0.29, 0.717) is 17.1 Å². The van der Waals surface area contributed by atoms with Crippen LogP contribution in [0.25, 0.3) is 22.7 Å². The third-order valence-corrected chi connectivity index (χ3v) is 2.68. The smallest absolute Gasteiger partial charge is 0.339 e. The topological polar surface area (TPSA) is 81.2 Å². The Labute approximate surface area is 102 Å². The fourth-order valence-electron chi connectivity index (χ4n) is 1.79. The Morgan fingerprint density at radius 2 is 2.28 bits per heavy atom. The number of aryl methyl sites for hydroxylation is 1. The van der Waals surface area contributed by atoms with Crippen LogP contribution in [0.2, 0.25) is 0 Å². The maximum absolute atomic E-state index is 11.1. The number of hydrogen-bond acceptors (Lipinski definition) is 4.